The second-order valence-corrected chi connectivity index (χ2v) is 8.78. The highest BCUT2D eigenvalue weighted by Crippen LogP contribution is 2.27. The van der Waals surface area contributed by atoms with Crippen LogP contribution in [0.2, 0.25) is 0 Å². The zero-order valence-electron chi connectivity index (χ0n) is 14.7. The highest BCUT2D eigenvalue weighted by molar-refractivity contribution is 7.91. The normalized spacial score (nSPS) is 11.6. The molecule has 1 N–H and O–H groups in total. The van der Waals surface area contributed by atoms with Crippen molar-refractivity contribution in [1.29, 1.82) is 0 Å². The van der Waals surface area contributed by atoms with E-state index in [4.69, 9.17) is 0 Å². The van der Waals surface area contributed by atoms with Crippen LogP contribution in [0.5, 0.6) is 0 Å². The SMILES string of the molecule is Cc1ccc(-c2nc(CC(=O)Nc3ccccc3S(=O)(=O)C(F)F)cs2)cc1. The summed E-state index contributed by atoms with van der Waals surface area (Å²) in [5.41, 5.74) is 2.38. The van der Waals surface area contributed by atoms with Crippen molar-refractivity contribution in [3.05, 3.63) is 65.2 Å². The lowest BCUT2D eigenvalue weighted by atomic mass is 10.2. The van der Waals surface area contributed by atoms with Gasteiger partial charge in [0.15, 0.2) is 0 Å². The molecule has 0 aliphatic carbocycles. The number of thiazole rings is 1. The van der Waals surface area contributed by atoms with Crippen molar-refractivity contribution in [3.63, 3.8) is 0 Å². The van der Waals surface area contributed by atoms with Crippen LogP contribution in [-0.4, -0.2) is 25.1 Å². The van der Waals surface area contributed by atoms with Crippen molar-refractivity contribution in [2.24, 2.45) is 0 Å². The number of alkyl halides is 2. The van der Waals surface area contributed by atoms with Crippen LogP contribution < -0.4 is 5.32 Å². The van der Waals surface area contributed by atoms with Crippen LogP contribution in [-0.2, 0) is 21.1 Å². The predicted octanol–water partition coefficient (Wildman–Crippen LogP) is 4.30. The molecule has 1 heterocycles. The van der Waals surface area contributed by atoms with Crippen molar-refractivity contribution >= 4 is 32.8 Å². The number of para-hydroxylation sites is 1. The third-order valence-electron chi connectivity index (χ3n) is 3.89. The van der Waals surface area contributed by atoms with Crippen LogP contribution in [0.1, 0.15) is 11.3 Å². The average Bonchev–Trinajstić information content (AvgIpc) is 3.10. The van der Waals surface area contributed by atoms with Gasteiger partial charge < -0.3 is 5.32 Å². The van der Waals surface area contributed by atoms with Crippen LogP contribution in [0, 0.1) is 6.92 Å². The van der Waals surface area contributed by atoms with E-state index >= 15 is 0 Å². The quantitative estimate of drug-likeness (QED) is 0.643. The standard InChI is InChI=1S/C19H16F2N2O3S2/c1-12-6-8-13(9-7-12)18-22-14(11-27-18)10-17(24)23-15-4-2-3-5-16(15)28(25,26)19(20)21/h2-9,11,19H,10H2,1H3,(H,23,24). The van der Waals surface area contributed by atoms with Gasteiger partial charge in [0.2, 0.25) is 15.7 Å². The van der Waals surface area contributed by atoms with Crippen molar-refractivity contribution in [2.45, 2.75) is 24.0 Å². The van der Waals surface area contributed by atoms with E-state index in [-0.39, 0.29) is 12.1 Å². The number of nitrogens with zero attached hydrogens (tertiary/aromatic N) is 1. The first-order valence-electron chi connectivity index (χ1n) is 8.20. The molecule has 0 saturated heterocycles. The molecule has 9 heteroatoms. The molecule has 0 aliphatic rings. The molecule has 1 amide bonds. The van der Waals surface area contributed by atoms with Gasteiger partial charge in [-0.25, -0.2) is 13.4 Å². The summed E-state index contributed by atoms with van der Waals surface area (Å²) in [7, 11) is -4.82. The van der Waals surface area contributed by atoms with E-state index in [0.717, 1.165) is 22.2 Å². The largest absolute Gasteiger partial charge is 0.341 e. The first-order chi connectivity index (χ1) is 13.3. The fraction of sp³-hybridized carbons (Fsp3) is 0.158. The average molecular weight is 422 g/mol. The molecule has 1 aromatic heterocycles. The molecule has 3 rings (SSSR count). The van der Waals surface area contributed by atoms with Gasteiger partial charge in [-0.2, -0.15) is 8.78 Å². The van der Waals surface area contributed by atoms with E-state index in [1.165, 1.54) is 29.5 Å². The van der Waals surface area contributed by atoms with Gasteiger partial charge in [-0.05, 0) is 19.1 Å². The first kappa shape index (κ1) is 20.1. The zero-order valence-corrected chi connectivity index (χ0v) is 16.4. The van der Waals surface area contributed by atoms with Crippen LogP contribution in [0.4, 0.5) is 14.5 Å². The zero-order chi connectivity index (χ0) is 20.3. The molecule has 0 radical (unpaired) electrons. The summed E-state index contributed by atoms with van der Waals surface area (Å²) < 4.78 is 49.2. The van der Waals surface area contributed by atoms with E-state index < -0.39 is 26.4 Å². The van der Waals surface area contributed by atoms with E-state index in [9.17, 15) is 22.0 Å². The molecule has 0 aliphatic heterocycles. The molecule has 0 spiro atoms. The number of nitrogens with one attached hydrogen (secondary N) is 1. The number of carbonyl (C=O) groups excluding carboxylic acids is 1. The molecule has 0 saturated carbocycles. The number of sulfone groups is 1. The molecular formula is C19H16F2N2O3S2. The van der Waals surface area contributed by atoms with Crippen LogP contribution >= 0.6 is 11.3 Å². The minimum Gasteiger partial charge on any atom is -0.325 e. The molecule has 28 heavy (non-hydrogen) atoms. The lowest BCUT2D eigenvalue weighted by Crippen LogP contribution is -2.19. The molecule has 0 unspecified atom stereocenters. The Hall–Kier alpha value is -2.65. The number of aryl methyl sites for hydroxylation is 1. The number of rotatable bonds is 6. The van der Waals surface area contributed by atoms with Crippen LogP contribution in [0.15, 0.2) is 58.8 Å². The second-order valence-electron chi connectivity index (χ2n) is 6.04. The van der Waals surface area contributed by atoms with Crippen molar-refractivity contribution in [1.82, 2.24) is 4.98 Å². The molecule has 0 atom stereocenters. The lowest BCUT2D eigenvalue weighted by molar-refractivity contribution is -0.115. The number of anilines is 1. The Labute approximate surface area is 165 Å². The van der Waals surface area contributed by atoms with E-state index in [1.807, 2.05) is 31.2 Å². The monoisotopic (exact) mass is 422 g/mol. The fourth-order valence-corrected chi connectivity index (χ4v) is 4.20. The van der Waals surface area contributed by atoms with Crippen molar-refractivity contribution in [3.8, 4) is 10.6 Å². The maximum atomic E-state index is 12.8. The molecule has 3 aromatic rings. The second kappa shape index (κ2) is 8.15. The Morgan fingerprint density at radius 3 is 2.50 bits per heavy atom. The molecular weight excluding hydrogens is 406 g/mol. The van der Waals surface area contributed by atoms with Gasteiger partial charge >= 0.3 is 5.76 Å². The molecule has 5 nitrogen and oxygen atoms in total. The van der Waals surface area contributed by atoms with Crippen LogP contribution in [0.25, 0.3) is 10.6 Å². The van der Waals surface area contributed by atoms with E-state index in [2.05, 4.69) is 10.3 Å². The molecule has 0 fully saturated rings. The highest BCUT2D eigenvalue weighted by atomic mass is 32.2. The summed E-state index contributed by atoms with van der Waals surface area (Å²) in [6.45, 7) is 1.98. The summed E-state index contributed by atoms with van der Waals surface area (Å²) in [4.78, 5) is 16.1. The Balaban J connectivity index is 1.75. The van der Waals surface area contributed by atoms with Crippen LogP contribution in [0.3, 0.4) is 0 Å². The Morgan fingerprint density at radius 2 is 1.82 bits per heavy atom. The summed E-state index contributed by atoms with van der Waals surface area (Å²) in [6.07, 6.45) is -0.106. The number of hydrogen-bond acceptors (Lipinski definition) is 5. The smallest absolute Gasteiger partial charge is 0.325 e. The van der Waals surface area contributed by atoms with Crippen molar-refractivity contribution in [2.75, 3.05) is 5.32 Å². The Morgan fingerprint density at radius 1 is 1.14 bits per heavy atom. The van der Waals surface area contributed by atoms with Gasteiger partial charge in [0.25, 0.3) is 0 Å². The number of amides is 1. The number of halogens is 2. The minimum absolute atomic E-state index is 0.106. The maximum Gasteiger partial charge on any atom is 0.341 e. The van der Waals surface area contributed by atoms with Gasteiger partial charge in [0.05, 0.1) is 22.7 Å². The third-order valence-corrected chi connectivity index (χ3v) is 6.27. The number of benzene rings is 2. The van der Waals surface area contributed by atoms with Gasteiger partial charge in [-0.15, -0.1) is 11.3 Å². The summed E-state index contributed by atoms with van der Waals surface area (Å²) in [5.74, 6) is -4.11. The lowest BCUT2D eigenvalue weighted by Gasteiger charge is -2.10. The Bertz CT molecular complexity index is 1090. The van der Waals surface area contributed by atoms with E-state index in [1.54, 1.807) is 5.38 Å². The molecule has 146 valence electrons. The van der Waals surface area contributed by atoms with Gasteiger partial charge in [-0.1, -0.05) is 42.0 Å². The molecule has 0 bridgehead atoms. The van der Waals surface area contributed by atoms with Gasteiger partial charge in [0, 0.05) is 10.9 Å². The first-order valence-corrected chi connectivity index (χ1v) is 10.6. The number of hydrogen-bond donors (Lipinski definition) is 1. The summed E-state index contributed by atoms with van der Waals surface area (Å²) in [5, 5.41) is 4.88. The van der Waals surface area contributed by atoms with Gasteiger partial charge in [-0.3, -0.25) is 4.79 Å². The topological polar surface area (TPSA) is 76.1 Å². The Kier molecular flexibility index (Phi) is 5.85. The summed E-state index contributed by atoms with van der Waals surface area (Å²) >= 11 is 1.38. The number of aromatic nitrogens is 1. The van der Waals surface area contributed by atoms with Gasteiger partial charge in [0.1, 0.15) is 5.01 Å². The van der Waals surface area contributed by atoms with E-state index in [0.29, 0.717) is 5.69 Å². The van der Waals surface area contributed by atoms with Crippen molar-refractivity contribution < 1.29 is 22.0 Å². The number of carbonyl (C=O) groups is 1. The summed E-state index contributed by atoms with van der Waals surface area (Å²) in [6, 6.07) is 12.9. The predicted molar refractivity (Wildman–Crippen MR) is 104 cm³/mol. The minimum atomic E-state index is -4.82. The maximum absolute atomic E-state index is 12.8. The fourth-order valence-electron chi connectivity index (χ4n) is 2.49. The molecule has 2 aromatic carbocycles. The highest BCUT2D eigenvalue weighted by Gasteiger charge is 2.29. The third kappa shape index (κ3) is 4.42.